The van der Waals surface area contributed by atoms with Gasteiger partial charge in [0.2, 0.25) is 0 Å². The van der Waals surface area contributed by atoms with E-state index in [0.717, 1.165) is 37.2 Å². The highest BCUT2D eigenvalue weighted by Crippen LogP contribution is 2.10. The Kier molecular flexibility index (Phi) is 11.7. The van der Waals surface area contributed by atoms with Crippen molar-refractivity contribution in [1.29, 1.82) is 0 Å². The smallest absolute Gasteiger partial charge is 0.137 e. The van der Waals surface area contributed by atoms with Crippen molar-refractivity contribution in [2.75, 3.05) is 32.7 Å². The maximum absolute atomic E-state index is 9.33. The lowest BCUT2D eigenvalue weighted by Crippen LogP contribution is -3.00. The lowest BCUT2D eigenvalue weighted by Gasteiger charge is -2.41. The lowest BCUT2D eigenvalue weighted by atomic mass is 10.2. The van der Waals surface area contributed by atoms with Gasteiger partial charge in [-0.25, -0.2) is 0 Å². The second-order valence-corrected chi connectivity index (χ2v) is 4.61. The van der Waals surface area contributed by atoms with Crippen LogP contribution in [0.4, 0.5) is 0 Å². The number of likely N-dealkylation sites (N-methyl/N-ethyl adjacent to an activating group) is 1. The normalized spacial score (nSPS) is 17.0. The molecule has 2 unspecified atom stereocenters. The fourth-order valence-corrected chi connectivity index (χ4v) is 2.07. The van der Waals surface area contributed by atoms with Crippen LogP contribution in [-0.4, -0.2) is 60.9 Å². The lowest BCUT2D eigenvalue weighted by molar-refractivity contribution is -0.948. The van der Waals surface area contributed by atoms with Gasteiger partial charge in [0.05, 0.1) is 26.0 Å². The first-order chi connectivity index (χ1) is 7.98. The van der Waals surface area contributed by atoms with Gasteiger partial charge in [0.1, 0.15) is 18.8 Å². The van der Waals surface area contributed by atoms with Crippen molar-refractivity contribution >= 4 is 6.34 Å². The molecule has 0 bridgehead atoms. The molecule has 4 N–H and O–H groups in total. The monoisotopic (exact) mass is 280 g/mol. The van der Waals surface area contributed by atoms with Crippen LogP contribution in [0.5, 0.6) is 0 Å². The SMILES string of the molecule is C1=NCCN1.CC[N+](CC)(CC(C)O)C(C)N.[Cl-]. The Morgan fingerprint density at radius 2 is 1.94 bits per heavy atom. The highest BCUT2D eigenvalue weighted by atomic mass is 35.5. The number of halogens is 1. The van der Waals surface area contributed by atoms with E-state index in [9.17, 15) is 5.11 Å². The summed E-state index contributed by atoms with van der Waals surface area (Å²) in [5.74, 6) is 0. The summed E-state index contributed by atoms with van der Waals surface area (Å²) in [6, 6.07) is 0. The summed E-state index contributed by atoms with van der Waals surface area (Å²) in [6.07, 6.45) is 1.57. The van der Waals surface area contributed by atoms with Crippen LogP contribution in [0.25, 0.3) is 0 Å². The number of rotatable bonds is 5. The number of quaternary nitrogens is 1. The van der Waals surface area contributed by atoms with E-state index in [4.69, 9.17) is 5.73 Å². The highest BCUT2D eigenvalue weighted by Gasteiger charge is 2.29. The molecular formula is C12H29ClN4O. The molecule has 5 nitrogen and oxygen atoms in total. The standard InChI is InChI=1S/C9H23N2O.C3H6N2.ClH/c1-5-11(6-2,9(4)10)7-8(3)12;1-2-5-3-4-1;/h8-9,12H,5-7,10H2,1-4H3;3H,1-2H2,(H,4,5);1H/q+1;;/p-1. The average Bonchev–Trinajstić information content (AvgIpc) is 2.83. The van der Waals surface area contributed by atoms with Gasteiger partial charge in [0.25, 0.3) is 0 Å². The summed E-state index contributed by atoms with van der Waals surface area (Å²) in [7, 11) is 0. The first-order valence-electron chi connectivity index (χ1n) is 6.49. The van der Waals surface area contributed by atoms with Crippen molar-refractivity contribution in [2.45, 2.75) is 40.0 Å². The van der Waals surface area contributed by atoms with Crippen LogP contribution < -0.4 is 23.5 Å². The maximum Gasteiger partial charge on any atom is 0.137 e. The van der Waals surface area contributed by atoms with Gasteiger partial charge in [0.15, 0.2) is 0 Å². The molecule has 0 aliphatic carbocycles. The van der Waals surface area contributed by atoms with Gasteiger partial charge in [-0.05, 0) is 20.8 Å². The summed E-state index contributed by atoms with van der Waals surface area (Å²) < 4.78 is 0.803. The number of hydrogen-bond donors (Lipinski definition) is 3. The number of aliphatic imine (C=N–C) groups is 1. The summed E-state index contributed by atoms with van der Waals surface area (Å²) in [4.78, 5) is 3.85. The van der Waals surface area contributed by atoms with Gasteiger partial charge in [-0.1, -0.05) is 0 Å². The van der Waals surface area contributed by atoms with E-state index in [0.29, 0.717) is 0 Å². The number of aliphatic hydroxyl groups is 1. The van der Waals surface area contributed by atoms with Crippen LogP contribution in [0.3, 0.4) is 0 Å². The topological polar surface area (TPSA) is 70.6 Å². The predicted molar refractivity (Wildman–Crippen MR) is 72.9 cm³/mol. The highest BCUT2D eigenvalue weighted by molar-refractivity contribution is 5.56. The molecule has 18 heavy (non-hydrogen) atoms. The van der Waals surface area contributed by atoms with Crippen molar-refractivity contribution in [3.63, 3.8) is 0 Å². The van der Waals surface area contributed by atoms with Crippen molar-refractivity contribution in [3.8, 4) is 0 Å². The predicted octanol–water partition coefficient (Wildman–Crippen LogP) is -2.85. The molecule has 0 radical (unpaired) electrons. The molecule has 0 amide bonds. The zero-order chi connectivity index (χ0) is 13.3. The maximum atomic E-state index is 9.33. The quantitative estimate of drug-likeness (QED) is 0.375. The number of hydrogen-bond acceptors (Lipinski definition) is 4. The van der Waals surface area contributed by atoms with Crippen LogP contribution in [-0.2, 0) is 0 Å². The van der Waals surface area contributed by atoms with Gasteiger partial charge in [-0.2, -0.15) is 0 Å². The second-order valence-electron chi connectivity index (χ2n) is 4.61. The Labute approximate surface area is 117 Å². The Balaban J connectivity index is 0. The Morgan fingerprint density at radius 3 is 2.06 bits per heavy atom. The molecule has 1 heterocycles. The minimum Gasteiger partial charge on any atom is -1.00 e. The summed E-state index contributed by atoms with van der Waals surface area (Å²) in [5.41, 5.74) is 5.90. The average molecular weight is 281 g/mol. The molecule has 0 aromatic heterocycles. The molecule has 110 valence electrons. The number of nitrogens with two attached hydrogens (primary N) is 1. The van der Waals surface area contributed by atoms with E-state index in [1.165, 1.54) is 0 Å². The molecule has 0 saturated carbocycles. The van der Waals surface area contributed by atoms with E-state index < -0.39 is 0 Å². The summed E-state index contributed by atoms with van der Waals surface area (Å²) >= 11 is 0. The van der Waals surface area contributed by atoms with Crippen LogP contribution in [0, 0.1) is 0 Å². The summed E-state index contributed by atoms with van der Waals surface area (Å²) in [6.45, 7) is 12.8. The third-order valence-corrected chi connectivity index (χ3v) is 3.32. The molecule has 0 aromatic carbocycles. The molecule has 1 aliphatic heterocycles. The van der Waals surface area contributed by atoms with Gasteiger partial charge < -0.3 is 27.3 Å². The largest absolute Gasteiger partial charge is 1.00 e. The number of aliphatic hydroxyl groups excluding tert-OH is 1. The third kappa shape index (κ3) is 7.16. The number of nitrogens with zero attached hydrogens (tertiary/aromatic N) is 2. The molecule has 1 rings (SSSR count). The Hall–Kier alpha value is -0.360. The first-order valence-corrected chi connectivity index (χ1v) is 6.49. The molecule has 6 heteroatoms. The van der Waals surface area contributed by atoms with Crippen molar-refractivity contribution in [2.24, 2.45) is 10.7 Å². The first kappa shape index (κ1) is 20.0. The minimum atomic E-state index is -0.268. The van der Waals surface area contributed by atoms with Crippen molar-refractivity contribution < 1.29 is 22.0 Å². The van der Waals surface area contributed by atoms with Gasteiger partial charge in [0, 0.05) is 13.5 Å². The van der Waals surface area contributed by atoms with Crippen LogP contribution >= 0.6 is 0 Å². The van der Waals surface area contributed by atoms with Gasteiger partial charge in [-0.15, -0.1) is 0 Å². The molecule has 2 atom stereocenters. The molecule has 0 saturated heterocycles. The fraction of sp³-hybridized carbons (Fsp3) is 0.917. The fourth-order valence-electron chi connectivity index (χ4n) is 2.07. The van der Waals surface area contributed by atoms with Gasteiger partial charge in [-0.3, -0.25) is 10.7 Å². The molecule has 0 fully saturated rings. The van der Waals surface area contributed by atoms with E-state index in [2.05, 4.69) is 24.2 Å². The van der Waals surface area contributed by atoms with E-state index in [1.54, 1.807) is 6.34 Å². The van der Waals surface area contributed by atoms with Crippen LogP contribution in [0.2, 0.25) is 0 Å². The Morgan fingerprint density at radius 1 is 1.39 bits per heavy atom. The Bertz CT molecular complexity index is 212. The zero-order valence-corrected chi connectivity index (χ0v) is 12.8. The minimum absolute atomic E-state index is 0. The molecule has 0 aromatic rings. The molecule has 0 spiro atoms. The van der Waals surface area contributed by atoms with Crippen molar-refractivity contribution in [1.82, 2.24) is 5.32 Å². The van der Waals surface area contributed by atoms with E-state index in [1.807, 2.05) is 13.8 Å². The van der Waals surface area contributed by atoms with E-state index in [-0.39, 0.29) is 24.7 Å². The second kappa shape index (κ2) is 10.6. The zero-order valence-electron chi connectivity index (χ0n) is 12.1. The number of nitrogens with one attached hydrogen (secondary N) is 1. The molecule has 1 aliphatic rings. The molecular weight excluding hydrogens is 252 g/mol. The van der Waals surface area contributed by atoms with Crippen LogP contribution in [0.1, 0.15) is 27.7 Å². The van der Waals surface area contributed by atoms with Crippen LogP contribution in [0.15, 0.2) is 4.99 Å². The van der Waals surface area contributed by atoms with E-state index >= 15 is 0 Å². The summed E-state index contributed by atoms with van der Waals surface area (Å²) in [5, 5.41) is 12.3. The van der Waals surface area contributed by atoms with Crippen molar-refractivity contribution in [3.05, 3.63) is 0 Å². The van der Waals surface area contributed by atoms with Gasteiger partial charge >= 0.3 is 0 Å². The third-order valence-electron chi connectivity index (χ3n) is 3.32.